The number of hydrogen-bond donors (Lipinski definition) is 1. The van der Waals surface area contributed by atoms with Crippen LogP contribution in [-0.2, 0) is 22.3 Å². The third-order valence-corrected chi connectivity index (χ3v) is 17.3. The Morgan fingerprint density at radius 1 is 0.348 bits per heavy atom. The fourth-order valence-electron chi connectivity index (χ4n) is 11.2. The van der Waals surface area contributed by atoms with E-state index < -0.39 is 27.2 Å². The lowest BCUT2D eigenvalue weighted by Crippen LogP contribution is -2.08. The van der Waals surface area contributed by atoms with Gasteiger partial charge in [0, 0.05) is 0 Å². The maximum absolute atomic E-state index is 13.0. The molecule has 2 aromatic rings. The quantitative estimate of drug-likeness (QED) is 0.0531. The van der Waals surface area contributed by atoms with Crippen molar-refractivity contribution >= 4 is 37.9 Å². The lowest BCUT2D eigenvalue weighted by molar-refractivity contribution is 0.0694. The molecule has 2 aromatic carbocycles. The van der Waals surface area contributed by atoms with Gasteiger partial charge in [-0.05, 0) is 72.1 Å². The number of unbranched alkanes of at least 4 members (excludes halogenated alkanes) is 45. The second-order valence-electron chi connectivity index (χ2n) is 22.1. The highest BCUT2D eigenvalue weighted by atomic mass is 127. The van der Waals surface area contributed by atoms with Crippen molar-refractivity contribution < 1.29 is 13.0 Å². The third kappa shape index (κ3) is 33.2. The molecule has 3 nitrogen and oxygen atoms in total. The number of benzene rings is 2. The number of hydrogen-bond acceptors (Lipinski definition) is 2. The summed E-state index contributed by atoms with van der Waals surface area (Å²) in [6.45, 7) is 6.90. The molecular formula is C65H115IO3. The first-order valence-corrected chi connectivity index (χ1v) is 33.2. The summed E-state index contributed by atoms with van der Waals surface area (Å²) in [5, 5.41) is 12.7. The molecule has 400 valence electrons. The minimum atomic E-state index is -1.63. The number of aryl methyl sites for hydroxylation is 3. The Morgan fingerprint density at radius 3 is 0.884 bits per heavy atom. The van der Waals surface area contributed by atoms with E-state index in [9.17, 15) is 13.0 Å². The molecule has 0 saturated heterocycles. The molecule has 0 heterocycles. The van der Waals surface area contributed by atoms with E-state index in [2.05, 4.69) is 39.0 Å². The summed E-state index contributed by atoms with van der Waals surface area (Å²) in [5.74, 6) is -0.898. The number of rotatable bonds is 53. The molecule has 0 atom stereocenters. The molecule has 0 bridgehead atoms. The maximum Gasteiger partial charge on any atom is 0.337 e. The maximum atomic E-state index is 13.0. The van der Waals surface area contributed by atoms with Crippen LogP contribution in [0, 0.1) is 3.57 Å². The van der Waals surface area contributed by atoms with Crippen molar-refractivity contribution in [3.63, 3.8) is 0 Å². The minimum absolute atomic E-state index is 0.352. The zero-order valence-corrected chi connectivity index (χ0v) is 48.6. The Labute approximate surface area is 440 Å². The first-order chi connectivity index (χ1) is 34.1. The molecule has 0 fully saturated rings. The van der Waals surface area contributed by atoms with Gasteiger partial charge in [-0.1, -0.05) is 322 Å². The van der Waals surface area contributed by atoms with Crippen LogP contribution in [0.3, 0.4) is 0 Å². The summed E-state index contributed by atoms with van der Waals surface area (Å²) in [5.41, 5.74) is 4.17. The summed E-state index contributed by atoms with van der Waals surface area (Å²) < 4.78 is 13.7. The summed E-state index contributed by atoms with van der Waals surface area (Å²) in [6, 6.07) is 6.69. The van der Waals surface area contributed by atoms with Crippen LogP contribution in [0.4, 0.5) is 0 Å². The van der Waals surface area contributed by atoms with Crippen molar-refractivity contribution in [1.29, 1.82) is 0 Å². The van der Waals surface area contributed by atoms with E-state index in [0.29, 0.717) is 9.13 Å². The van der Waals surface area contributed by atoms with Gasteiger partial charge in [-0.15, -0.1) is 0 Å². The summed E-state index contributed by atoms with van der Waals surface area (Å²) in [6.07, 6.45) is 68.4. The highest BCUT2D eigenvalue weighted by molar-refractivity contribution is 14.1. The molecule has 0 aromatic heterocycles. The summed E-state index contributed by atoms with van der Waals surface area (Å²) >= 11 is -1.63. The molecule has 0 spiro atoms. The number of carbonyl (C=O) groups is 1. The zero-order valence-electron chi connectivity index (χ0n) is 46.4. The first kappa shape index (κ1) is 63.8. The van der Waals surface area contributed by atoms with Gasteiger partial charge < -0.3 is 5.11 Å². The first-order valence-electron chi connectivity index (χ1n) is 31.2. The standard InChI is InChI=1S/C65H115IO3/c1-4-7-10-13-16-19-22-25-28-31-34-37-40-43-46-49-52-58-55-56-61-62(60(58)54-51-48-45-42-39-36-33-30-27-24-21-18-15-12-9-6-3)57-59(63(65(67)68)64(61)66-69)53-50-47-44-41-38-35-32-29-26-23-20-17-14-11-8-5-2/h55-57H,4-54H2,1-3H3,(H,67,68). The predicted molar refractivity (Wildman–Crippen MR) is 314 cm³/mol. The molecule has 0 aliphatic heterocycles. The molecule has 69 heavy (non-hydrogen) atoms. The summed E-state index contributed by atoms with van der Waals surface area (Å²) in [7, 11) is 0. The molecule has 0 amide bonds. The molecule has 1 N–H and O–H groups in total. The molecule has 0 saturated carbocycles. The molecule has 4 heteroatoms. The van der Waals surface area contributed by atoms with Gasteiger partial charge in [-0.3, -0.25) is 3.07 Å². The Morgan fingerprint density at radius 2 is 0.609 bits per heavy atom. The monoisotopic (exact) mass is 1070 g/mol. The van der Waals surface area contributed by atoms with Crippen molar-refractivity contribution in [3.8, 4) is 0 Å². The average molecular weight is 1070 g/mol. The Kier molecular flexibility index (Phi) is 44.1. The van der Waals surface area contributed by atoms with Gasteiger partial charge in [-0.2, -0.15) is 0 Å². The SMILES string of the molecule is CCCCCCCCCCCCCCCCCCc1cc2c(CCCCCCCCCCCCCCCCCC)c(CCCCCCCCCCCCCCCCCC)ccc2c(I=O)c1C(=O)O. The largest absolute Gasteiger partial charge is 0.478 e. The van der Waals surface area contributed by atoms with Crippen LogP contribution in [0.2, 0.25) is 0 Å². The van der Waals surface area contributed by atoms with Crippen LogP contribution in [0.15, 0.2) is 18.2 Å². The van der Waals surface area contributed by atoms with Gasteiger partial charge in [0.2, 0.25) is 0 Å². The lowest BCUT2D eigenvalue weighted by Gasteiger charge is -2.18. The fraction of sp³-hybridized carbons (Fsp3) is 0.831. The number of carboxylic acids is 1. The van der Waals surface area contributed by atoms with E-state index >= 15 is 0 Å². The average Bonchev–Trinajstić information content (AvgIpc) is 3.35. The van der Waals surface area contributed by atoms with Crippen LogP contribution in [0.5, 0.6) is 0 Å². The number of fused-ring (bicyclic) bond motifs is 1. The number of halogens is 1. The summed E-state index contributed by atoms with van der Waals surface area (Å²) in [4.78, 5) is 12.9. The highest BCUT2D eigenvalue weighted by Crippen LogP contribution is 2.36. The van der Waals surface area contributed by atoms with E-state index in [-0.39, 0.29) is 0 Å². The van der Waals surface area contributed by atoms with Crippen LogP contribution in [0.1, 0.15) is 356 Å². The van der Waals surface area contributed by atoms with Gasteiger partial charge in [0.1, 0.15) is 0 Å². The van der Waals surface area contributed by atoms with Gasteiger partial charge in [0.25, 0.3) is 0 Å². The van der Waals surface area contributed by atoms with Gasteiger partial charge in [-0.25, -0.2) is 4.79 Å². The normalized spacial score (nSPS) is 11.7. The Hall–Kier alpha value is -1.30. The van der Waals surface area contributed by atoms with Crippen molar-refractivity contribution in [3.05, 3.63) is 44.0 Å². The minimum Gasteiger partial charge on any atom is -0.478 e. The van der Waals surface area contributed by atoms with E-state index in [1.165, 1.54) is 312 Å². The fourth-order valence-corrected chi connectivity index (χ4v) is 12.7. The van der Waals surface area contributed by atoms with Crippen LogP contribution in [-0.4, -0.2) is 11.1 Å². The predicted octanol–water partition coefficient (Wildman–Crippen LogP) is 23.4. The highest BCUT2D eigenvalue weighted by Gasteiger charge is 2.22. The van der Waals surface area contributed by atoms with Crippen molar-refractivity contribution in [1.82, 2.24) is 0 Å². The van der Waals surface area contributed by atoms with E-state index in [1.54, 1.807) is 0 Å². The molecule has 0 unspecified atom stereocenters. The second-order valence-corrected chi connectivity index (χ2v) is 23.6. The molecule has 0 aliphatic rings. The van der Waals surface area contributed by atoms with Gasteiger partial charge in [0.15, 0.2) is 21.2 Å². The van der Waals surface area contributed by atoms with E-state index in [0.717, 1.165) is 43.1 Å². The Bertz CT molecular complexity index is 1480. The second kappa shape index (κ2) is 47.7. The van der Waals surface area contributed by atoms with Crippen LogP contribution < -0.4 is 0 Å². The van der Waals surface area contributed by atoms with Crippen LogP contribution in [0.25, 0.3) is 10.8 Å². The zero-order chi connectivity index (χ0) is 49.5. The smallest absolute Gasteiger partial charge is 0.337 e. The lowest BCUT2D eigenvalue weighted by atomic mass is 9.88. The van der Waals surface area contributed by atoms with Crippen molar-refractivity contribution in [2.24, 2.45) is 0 Å². The molecular weight excluding hydrogens is 956 g/mol. The van der Waals surface area contributed by atoms with Crippen LogP contribution >= 0.6 is 21.2 Å². The van der Waals surface area contributed by atoms with Gasteiger partial charge in [0.05, 0.1) is 9.13 Å². The Balaban J connectivity index is 1.91. The van der Waals surface area contributed by atoms with Crippen molar-refractivity contribution in [2.45, 2.75) is 348 Å². The third-order valence-electron chi connectivity index (χ3n) is 15.7. The topological polar surface area (TPSA) is 54.4 Å². The molecule has 0 aliphatic carbocycles. The van der Waals surface area contributed by atoms with E-state index in [1.807, 2.05) is 0 Å². The molecule has 0 radical (unpaired) electrons. The number of carboxylic acid groups (broad SMARTS) is 1. The van der Waals surface area contributed by atoms with Gasteiger partial charge >= 0.3 is 5.97 Å². The number of aromatic carboxylic acids is 1. The van der Waals surface area contributed by atoms with Crippen molar-refractivity contribution in [2.75, 3.05) is 0 Å². The van der Waals surface area contributed by atoms with E-state index in [4.69, 9.17) is 0 Å². The molecule has 2 rings (SSSR count).